The lowest BCUT2D eigenvalue weighted by Crippen LogP contribution is -2.56. The van der Waals surface area contributed by atoms with E-state index in [0.29, 0.717) is 38.3 Å². The predicted molar refractivity (Wildman–Crippen MR) is 79.3 cm³/mol. The van der Waals surface area contributed by atoms with Crippen molar-refractivity contribution in [1.82, 2.24) is 15.8 Å². The maximum Gasteiger partial charge on any atom is 0.344 e. The molecule has 0 bridgehead atoms. The summed E-state index contributed by atoms with van der Waals surface area (Å²) in [7, 11) is 0. The van der Waals surface area contributed by atoms with Crippen molar-refractivity contribution in [3.63, 3.8) is 0 Å². The smallest absolute Gasteiger partial charge is 0.344 e. The summed E-state index contributed by atoms with van der Waals surface area (Å²) in [5.74, 6) is 0. The molecular weight excluding hydrogens is 288 g/mol. The van der Waals surface area contributed by atoms with Gasteiger partial charge in [0.05, 0.1) is 25.4 Å². The molecule has 0 spiro atoms. The maximum atomic E-state index is 12.4. The Hall–Kier alpha value is -2.45. The first-order valence-corrected chi connectivity index (χ1v) is 6.92. The average Bonchev–Trinajstić information content (AvgIpc) is 2.55. The van der Waals surface area contributed by atoms with E-state index in [9.17, 15) is 14.4 Å². The molecule has 22 heavy (non-hydrogen) atoms. The first-order chi connectivity index (χ1) is 10.7. The number of carbonyl (C=O) groups is 3. The molecule has 0 radical (unpaired) electrons. The molecule has 1 heterocycles. The Morgan fingerprint density at radius 2 is 1.86 bits per heavy atom. The van der Waals surface area contributed by atoms with E-state index in [2.05, 4.69) is 10.7 Å². The van der Waals surface area contributed by atoms with Crippen molar-refractivity contribution in [2.45, 2.75) is 0 Å². The van der Waals surface area contributed by atoms with Crippen LogP contribution in [-0.2, 0) is 9.53 Å². The summed E-state index contributed by atoms with van der Waals surface area (Å²) in [6, 6.07) is 7.25. The molecule has 1 fully saturated rings. The average molecular weight is 306 g/mol. The van der Waals surface area contributed by atoms with E-state index in [0.717, 1.165) is 4.90 Å². The van der Waals surface area contributed by atoms with Gasteiger partial charge in [0.25, 0.3) is 0 Å². The van der Waals surface area contributed by atoms with Gasteiger partial charge in [0.1, 0.15) is 6.29 Å². The number of carbonyl (C=O) groups excluding carboxylic acids is 3. The molecule has 0 aliphatic carbocycles. The molecule has 8 heteroatoms. The fourth-order valence-corrected chi connectivity index (χ4v) is 1.97. The number of aldehydes is 1. The molecule has 0 unspecified atom stereocenters. The number of nitrogens with one attached hydrogen (secondary N) is 2. The quantitative estimate of drug-likeness (QED) is 0.784. The third-order valence-electron chi connectivity index (χ3n) is 3.02. The number of rotatable bonds is 4. The first kappa shape index (κ1) is 15.9. The number of imide groups is 1. The Morgan fingerprint density at radius 3 is 2.50 bits per heavy atom. The van der Waals surface area contributed by atoms with Crippen LogP contribution in [0, 0.1) is 0 Å². The number of urea groups is 2. The second kappa shape index (κ2) is 8.11. The number of para-hydroxylation sites is 1. The highest BCUT2D eigenvalue weighted by molar-refractivity contribution is 6.13. The van der Waals surface area contributed by atoms with Crippen LogP contribution >= 0.6 is 0 Å². The van der Waals surface area contributed by atoms with E-state index in [1.807, 2.05) is 0 Å². The molecule has 1 aliphatic heterocycles. The van der Waals surface area contributed by atoms with Crippen molar-refractivity contribution in [1.29, 1.82) is 0 Å². The second-order valence-corrected chi connectivity index (χ2v) is 4.54. The van der Waals surface area contributed by atoms with E-state index in [4.69, 9.17) is 4.74 Å². The Balaban J connectivity index is 2.10. The Morgan fingerprint density at radius 1 is 1.18 bits per heavy atom. The minimum atomic E-state index is -0.663. The van der Waals surface area contributed by atoms with Gasteiger partial charge in [-0.2, -0.15) is 0 Å². The van der Waals surface area contributed by atoms with Gasteiger partial charge < -0.3 is 14.8 Å². The zero-order valence-corrected chi connectivity index (χ0v) is 12.0. The molecule has 2 N–H and O–H groups in total. The van der Waals surface area contributed by atoms with Gasteiger partial charge in [-0.15, -0.1) is 0 Å². The molecule has 118 valence electrons. The molecule has 0 aromatic heterocycles. The third-order valence-corrected chi connectivity index (χ3v) is 3.02. The first-order valence-electron chi connectivity index (χ1n) is 6.92. The maximum absolute atomic E-state index is 12.4. The highest BCUT2D eigenvalue weighted by Gasteiger charge is 2.25. The standard InChI is InChI=1S/C14H18N4O4/c19-9-6-15-13(20)18(12-4-2-1-3-5-12)14(21)16-17-7-10-22-11-8-17/h1-5,9H,6-8,10-11H2,(H,15,20)(H,16,21). The van der Waals surface area contributed by atoms with Crippen LogP contribution in [0.25, 0.3) is 0 Å². The number of anilines is 1. The number of hydrogen-bond donors (Lipinski definition) is 2. The lowest BCUT2D eigenvalue weighted by Gasteiger charge is -2.29. The van der Waals surface area contributed by atoms with Crippen LogP contribution in [-0.4, -0.2) is 56.2 Å². The highest BCUT2D eigenvalue weighted by atomic mass is 16.5. The predicted octanol–water partition coefficient (Wildman–Crippen LogP) is 0.358. The molecule has 1 aliphatic rings. The summed E-state index contributed by atoms with van der Waals surface area (Å²) in [6.07, 6.45) is 0.557. The van der Waals surface area contributed by atoms with Crippen LogP contribution in [0.4, 0.5) is 15.3 Å². The van der Waals surface area contributed by atoms with E-state index < -0.39 is 12.1 Å². The summed E-state index contributed by atoms with van der Waals surface area (Å²) >= 11 is 0. The van der Waals surface area contributed by atoms with Crippen molar-refractivity contribution < 1.29 is 19.1 Å². The van der Waals surface area contributed by atoms with E-state index in [1.165, 1.54) is 0 Å². The Bertz CT molecular complexity index is 517. The minimum Gasteiger partial charge on any atom is -0.379 e. The van der Waals surface area contributed by atoms with Crippen LogP contribution in [0.2, 0.25) is 0 Å². The Kier molecular flexibility index (Phi) is 5.87. The fourth-order valence-electron chi connectivity index (χ4n) is 1.97. The molecule has 2 rings (SSSR count). The lowest BCUT2D eigenvalue weighted by molar-refractivity contribution is -0.107. The molecule has 8 nitrogen and oxygen atoms in total. The number of hydrazine groups is 1. The topological polar surface area (TPSA) is 91.0 Å². The molecule has 0 atom stereocenters. The molecular formula is C14H18N4O4. The van der Waals surface area contributed by atoms with Crippen LogP contribution in [0.1, 0.15) is 0 Å². The van der Waals surface area contributed by atoms with Gasteiger partial charge in [-0.3, -0.25) is 5.43 Å². The highest BCUT2D eigenvalue weighted by Crippen LogP contribution is 2.13. The van der Waals surface area contributed by atoms with Gasteiger partial charge >= 0.3 is 12.1 Å². The number of amides is 4. The number of morpholine rings is 1. The van der Waals surface area contributed by atoms with Gasteiger partial charge in [0.2, 0.25) is 0 Å². The van der Waals surface area contributed by atoms with E-state index in [-0.39, 0.29) is 6.54 Å². The van der Waals surface area contributed by atoms with Crippen LogP contribution in [0.3, 0.4) is 0 Å². The van der Waals surface area contributed by atoms with Gasteiger partial charge in [-0.05, 0) is 12.1 Å². The SMILES string of the molecule is O=CCNC(=O)N(C(=O)NN1CCOCC1)c1ccccc1. The number of ether oxygens (including phenoxy) is 1. The summed E-state index contributed by atoms with van der Waals surface area (Å²) < 4.78 is 5.20. The van der Waals surface area contributed by atoms with Crippen molar-refractivity contribution in [3.05, 3.63) is 30.3 Å². The van der Waals surface area contributed by atoms with Crippen LogP contribution in [0.15, 0.2) is 30.3 Å². The second-order valence-electron chi connectivity index (χ2n) is 4.54. The van der Waals surface area contributed by atoms with Crippen molar-refractivity contribution in [3.8, 4) is 0 Å². The largest absolute Gasteiger partial charge is 0.379 e. The van der Waals surface area contributed by atoms with Gasteiger partial charge in [0.15, 0.2) is 0 Å². The molecule has 1 saturated heterocycles. The van der Waals surface area contributed by atoms with Gasteiger partial charge in [-0.1, -0.05) is 18.2 Å². The minimum absolute atomic E-state index is 0.160. The van der Waals surface area contributed by atoms with Crippen LogP contribution in [0.5, 0.6) is 0 Å². The zero-order valence-electron chi connectivity index (χ0n) is 12.0. The third kappa shape index (κ3) is 4.27. The fraction of sp³-hybridized carbons (Fsp3) is 0.357. The summed E-state index contributed by atoms with van der Waals surface area (Å²) in [5.41, 5.74) is 3.08. The van der Waals surface area contributed by atoms with Crippen molar-refractivity contribution >= 4 is 24.0 Å². The van der Waals surface area contributed by atoms with Gasteiger partial charge in [-0.25, -0.2) is 19.5 Å². The number of benzene rings is 1. The molecule has 1 aromatic rings. The number of nitrogens with zero attached hydrogens (tertiary/aromatic N) is 2. The van der Waals surface area contributed by atoms with Crippen molar-refractivity contribution in [2.24, 2.45) is 0 Å². The number of hydrogen-bond acceptors (Lipinski definition) is 5. The monoisotopic (exact) mass is 306 g/mol. The van der Waals surface area contributed by atoms with Gasteiger partial charge in [0, 0.05) is 13.1 Å². The summed E-state index contributed by atoms with van der Waals surface area (Å²) in [6.45, 7) is 1.97. The Labute approximate surface area is 128 Å². The summed E-state index contributed by atoms with van der Waals surface area (Å²) in [4.78, 5) is 35.9. The normalized spacial score (nSPS) is 14.9. The summed E-state index contributed by atoms with van der Waals surface area (Å²) in [5, 5.41) is 4.05. The zero-order chi connectivity index (χ0) is 15.8. The molecule has 1 aromatic carbocycles. The van der Waals surface area contributed by atoms with Crippen molar-refractivity contribution in [2.75, 3.05) is 37.7 Å². The van der Waals surface area contributed by atoms with E-state index >= 15 is 0 Å². The lowest BCUT2D eigenvalue weighted by atomic mass is 10.3. The molecule has 4 amide bonds. The molecule has 0 saturated carbocycles. The van der Waals surface area contributed by atoms with Crippen LogP contribution < -0.4 is 15.6 Å². The van der Waals surface area contributed by atoms with E-state index in [1.54, 1.807) is 35.3 Å².